The quantitative estimate of drug-likeness (QED) is 0.681. The minimum atomic E-state index is -0.315. The van der Waals surface area contributed by atoms with Gasteiger partial charge in [-0.05, 0) is 12.5 Å². The van der Waals surface area contributed by atoms with Gasteiger partial charge in [0.15, 0.2) is 17.4 Å². The fourth-order valence-electron chi connectivity index (χ4n) is 2.21. The number of pyridine rings is 1. The molecule has 5 heteroatoms. The zero-order chi connectivity index (χ0) is 14.3. The zero-order valence-corrected chi connectivity index (χ0v) is 12.7. The molecular weight excluding hydrogens is 309 g/mol. The van der Waals surface area contributed by atoms with E-state index in [-0.39, 0.29) is 34.7 Å². The van der Waals surface area contributed by atoms with Crippen LogP contribution in [0.5, 0.6) is 0 Å². The normalized spacial score (nSPS) is 13.8. The van der Waals surface area contributed by atoms with E-state index in [1.807, 2.05) is 19.1 Å². The molecule has 106 valence electrons. The molecule has 0 N–H and O–H groups in total. The molecule has 0 saturated carbocycles. The smallest absolute Gasteiger partial charge is 0.281 e. The Kier molecular flexibility index (Phi) is 4.26. The van der Waals surface area contributed by atoms with Crippen LogP contribution in [0.25, 0.3) is 5.70 Å². The molecule has 1 heterocycles. The first kappa shape index (κ1) is 15.4. The summed E-state index contributed by atoms with van der Waals surface area (Å²) >= 11 is 6.12. The largest absolute Gasteiger partial charge is 1.00 e. The SMILES string of the molecule is Cc1cc[n+](C2=C(Cl)C(=O)c3ccccc3C2=O)cc1.[Cl-]. The number of benzene rings is 1. The van der Waals surface area contributed by atoms with E-state index in [4.69, 9.17) is 11.6 Å². The van der Waals surface area contributed by atoms with E-state index in [0.29, 0.717) is 11.1 Å². The van der Waals surface area contributed by atoms with E-state index < -0.39 is 0 Å². The number of Topliss-reactive ketones (excluding diaryl/α,β-unsaturated/α-hetero) is 2. The highest BCUT2D eigenvalue weighted by Crippen LogP contribution is 2.28. The Hall–Kier alpha value is -1.97. The third-order valence-electron chi connectivity index (χ3n) is 3.29. The minimum absolute atomic E-state index is 0. The first-order valence-corrected chi connectivity index (χ1v) is 6.54. The van der Waals surface area contributed by atoms with Crippen LogP contribution < -0.4 is 17.0 Å². The number of nitrogens with zero attached hydrogens (tertiary/aromatic N) is 1. The number of hydrogen-bond donors (Lipinski definition) is 0. The van der Waals surface area contributed by atoms with Crippen molar-refractivity contribution in [3.05, 3.63) is 70.5 Å². The van der Waals surface area contributed by atoms with E-state index in [9.17, 15) is 9.59 Å². The number of fused-ring (bicyclic) bond motifs is 1. The molecule has 0 aliphatic heterocycles. The molecule has 0 fully saturated rings. The maximum Gasteiger partial charge on any atom is 0.281 e. The molecule has 0 spiro atoms. The van der Waals surface area contributed by atoms with Crippen molar-refractivity contribution < 1.29 is 26.6 Å². The molecule has 0 atom stereocenters. The van der Waals surface area contributed by atoms with Gasteiger partial charge in [0.25, 0.3) is 11.5 Å². The van der Waals surface area contributed by atoms with Crippen LogP contribution in [-0.4, -0.2) is 11.6 Å². The fourth-order valence-corrected chi connectivity index (χ4v) is 2.50. The number of aryl methyl sites for hydroxylation is 1. The second-order valence-corrected chi connectivity index (χ2v) is 5.03. The molecule has 0 radical (unpaired) electrons. The van der Waals surface area contributed by atoms with Crippen LogP contribution in [0.2, 0.25) is 0 Å². The summed E-state index contributed by atoms with van der Waals surface area (Å²) in [5.74, 6) is -0.552. The van der Waals surface area contributed by atoms with Crippen LogP contribution in [0.1, 0.15) is 26.3 Å². The predicted molar refractivity (Wildman–Crippen MR) is 75.5 cm³/mol. The van der Waals surface area contributed by atoms with Crippen LogP contribution >= 0.6 is 11.6 Å². The van der Waals surface area contributed by atoms with Crippen molar-refractivity contribution in [3.63, 3.8) is 0 Å². The van der Waals surface area contributed by atoms with Crippen LogP contribution in [-0.2, 0) is 0 Å². The Labute approximate surface area is 133 Å². The lowest BCUT2D eigenvalue weighted by Crippen LogP contribution is -3.00. The molecule has 1 aliphatic rings. The number of allylic oxidation sites excluding steroid dienone is 2. The molecule has 0 amide bonds. The number of rotatable bonds is 1. The summed E-state index contributed by atoms with van der Waals surface area (Å²) in [5.41, 5.74) is 2.02. The summed E-state index contributed by atoms with van der Waals surface area (Å²) in [6, 6.07) is 10.4. The highest BCUT2D eigenvalue weighted by molar-refractivity contribution is 6.54. The highest BCUT2D eigenvalue weighted by atomic mass is 35.5. The molecule has 3 rings (SSSR count). The van der Waals surface area contributed by atoms with Crippen molar-refractivity contribution >= 4 is 28.9 Å². The van der Waals surface area contributed by atoms with Gasteiger partial charge in [-0.2, -0.15) is 4.57 Å². The second kappa shape index (κ2) is 5.80. The van der Waals surface area contributed by atoms with Crippen molar-refractivity contribution in [1.82, 2.24) is 0 Å². The first-order chi connectivity index (χ1) is 9.59. The number of ketones is 2. The third-order valence-corrected chi connectivity index (χ3v) is 3.64. The molecule has 1 aliphatic carbocycles. The summed E-state index contributed by atoms with van der Waals surface area (Å²) in [4.78, 5) is 24.8. The Morgan fingerprint density at radius 3 is 2.00 bits per heavy atom. The second-order valence-electron chi connectivity index (χ2n) is 4.65. The Bertz CT molecular complexity index is 764. The number of aromatic nitrogens is 1. The monoisotopic (exact) mass is 319 g/mol. The van der Waals surface area contributed by atoms with Gasteiger partial charge in [0.1, 0.15) is 0 Å². The maximum atomic E-state index is 12.5. The molecule has 0 unspecified atom stereocenters. The minimum Gasteiger partial charge on any atom is -1.00 e. The van der Waals surface area contributed by atoms with Gasteiger partial charge in [0.2, 0.25) is 5.78 Å². The van der Waals surface area contributed by atoms with Crippen LogP contribution in [0.4, 0.5) is 0 Å². The van der Waals surface area contributed by atoms with Crippen molar-refractivity contribution in [2.75, 3.05) is 0 Å². The molecule has 0 saturated heterocycles. The van der Waals surface area contributed by atoms with Crippen molar-refractivity contribution in [2.45, 2.75) is 6.92 Å². The summed E-state index contributed by atoms with van der Waals surface area (Å²) in [6.45, 7) is 1.95. The van der Waals surface area contributed by atoms with Gasteiger partial charge in [-0.15, -0.1) is 0 Å². The fraction of sp³-hybridized carbons (Fsp3) is 0.0625. The van der Waals surface area contributed by atoms with E-state index in [1.54, 1.807) is 41.2 Å². The zero-order valence-electron chi connectivity index (χ0n) is 11.1. The van der Waals surface area contributed by atoms with Crippen molar-refractivity contribution in [1.29, 1.82) is 0 Å². The van der Waals surface area contributed by atoms with Crippen molar-refractivity contribution in [2.24, 2.45) is 0 Å². The lowest BCUT2D eigenvalue weighted by atomic mass is 9.92. The van der Waals surface area contributed by atoms with Gasteiger partial charge in [0.05, 0.1) is 0 Å². The average Bonchev–Trinajstić information content (AvgIpc) is 2.47. The number of halogens is 2. The number of carbonyl (C=O) groups is 2. The number of hydrogen-bond acceptors (Lipinski definition) is 2. The Morgan fingerprint density at radius 2 is 1.43 bits per heavy atom. The van der Waals surface area contributed by atoms with Gasteiger partial charge in [-0.25, -0.2) is 0 Å². The molecule has 21 heavy (non-hydrogen) atoms. The number of carbonyl (C=O) groups excluding carboxylic acids is 2. The van der Waals surface area contributed by atoms with E-state index in [0.717, 1.165) is 5.56 Å². The molecule has 1 aromatic heterocycles. The van der Waals surface area contributed by atoms with Gasteiger partial charge < -0.3 is 12.4 Å². The van der Waals surface area contributed by atoms with E-state index in [1.165, 1.54) is 0 Å². The molecule has 2 aromatic rings. The topological polar surface area (TPSA) is 38.0 Å². The van der Waals surface area contributed by atoms with Crippen LogP contribution in [0.15, 0.2) is 53.8 Å². The van der Waals surface area contributed by atoms with Crippen molar-refractivity contribution in [3.8, 4) is 0 Å². The van der Waals surface area contributed by atoms with Crippen LogP contribution in [0.3, 0.4) is 0 Å². The van der Waals surface area contributed by atoms with Gasteiger partial charge in [-0.3, -0.25) is 9.59 Å². The average molecular weight is 320 g/mol. The third kappa shape index (κ3) is 2.50. The van der Waals surface area contributed by atoms with Gasteiger partial charge in [0, 0.05) is 23.3 Å². The molecule has 1 aromatic carbocycles. The van der Waals surface area contributed by atoms with E-state index in [2.05, 4.69) is 0 Å². The summed E-state index contributed by atoms with van der Waals surface area (Å²) in [5, 5.41) is -0.0393. The summed E-state index contributed by atoms with van der Waals surface area (Å²) in [7, 11) is 0. The maximum absolute atomic E-state index is 12.5. The summed E-state index contributed by atoms with van der Waals surface area (Å²) < 4.78 is 1.59. The van der Waals surface area contributed by atoms with Gasteiger partial charge in [-0.1, -0.05) is 35.9 Å². The first-order valence-electron chi connectivity index (χ1n) is 6.16. The van der Waals surface area contributed by atoms with Crippen LogP contribution in [0, 0.1) is 6.92 Å². The Balaban J connectivity index is 0.00000161. The van der Waals surface area contributed by atoms with E-state index >= 15 is 0 Å². The standard InChI is InChI=1S/C16H11ClNO2.ClH/c1-10-6-8-18(9-7-10)14-13(17)15(19)11-4-2-3-5-12(11)16(14)20;/h2-9H,1H3;1H/q+1;/p-1. The van der Waals surface area contributed by atoms with Gasteiger partial charge >= 0.3 is 0 Å². The molecular formula is C16H11Cl2NO2. The molecule has 3 nitrogen and oxygen atoms in total. The lowest BCUT2D eigenvalue weighted by molar-refractivity contribution is -0.577. The highest BCUT2D eigenvalue weighted by Gasteiger charge is 2.37. The lowest BCUT2D eigenvalue weighted by Gasteiger charge is -2.13. The predicted octanol–water partition coefficient (Wildman–Crippen LogP) is -0.227. The Morgan fingerprint density at radius 1 is 0.905 bits per heavy atom. The summed E-state index contributed by atoms with van der Waals surface area (Å²) in [6.07, 6.45) is 3.46. The molecule has 0 bridgehead atoms.